The molecule has 0 aliphatic heterocycles. The predicted octanol–water partition coefficient (Wildman–Crippen LogP) is 0.748. The Labute approximate surface area is 40.5 Å². The molecule has 0 unspecified atom stereocenters. The zero-order chi connectivity index (χ0) is 4.83. The zero-order valence-corrected chi connectivity index (χ0v) is 3.15. The number of hydrogen-bond acceptors (Lipinski definition) is 0. The highest BCUT2D eigenvalue weighted by atomic mass is 13.4. The number of rotatable bonds is 0. The van der Waals surface area contributed by atoms with Crippen LogP contribution in [0.2, 0.25) is 0 Å². The molecule has 0 radical (unpaired) electrons. The maximum atomic E-state index is 4.70. The van der Waals surface area contributed by atoms with E-state index in [2.05, 4.69) is 23.7 Å². The van der Waals surface area contributed by atoms with Gasteiger partial charge in [0.15, 0.2) is 0 Å². The summed E-state index contributed by atoms with van der Waals surface area (Å²) in [5.41, 5.74) is 0. The molecule has 0 aromatic rings. The molecular formula is C6H6. The van der Waals surface area contributed by atoms with Crippen LogP contribution in [0.5, 0.6) is 0 Å². The Hall–Kier alpha value is -1.32. The van der Waals surface area contributed by atoms with E-state index in [-0.39, 0.29) is 2.85 Å². The molecule has 0 nitrogen and oxygen atoms in total. The molecule has 0 aliphatic carbocycles. The molecular weight excluding hydrogens is 72.1 g/mol. The predicted molar refractivity (Wildman–Crippen MR) is 29.7 cm³/mol. The van der Waals surface area contributed by atoms with Crippen molar-refractivity contribution in [3.05, 3.63) is 0 Å². The van der Waals surface area contributed by atoms with Gasteiger partial charge in [-0.2, -0.15) is 0 Å². The Morgan fingerprint density at radius 1 is 1.00 bits per heavy atom. The molecule has 0 fully saturated rings. The summed E-state index contributed by atoms with van der Waals surface area (Å²) in [4.78, 5) is 0. The minimum atomic E-state index is 0. The summed E-state index contributed by atoms with van der Waals surface area (Å²) in [5, 5.41) is 0. The maximum absolute atomic E-state index is 4.70. The second kappa shape index (κ2) is 3.68. The fraction of sp³-hybridized carbons (Fsp3) is 0. The monoisotopic (exact) mass is 78.0 g/mol. The van der Waals surface area contributed by atoms with Crippen molar-refractivity contribution in [2.75, 3.05) is 0 Å². The molecule has 0 aromatic carbocycles. The van der Waals surface area contributed by atoms with E-state index in [9.17, 15) is 0 Å². The van der Waals surface area contributed by atoms with Gasteiger partial charge >= 0.3 is 0 Å². The average Bonchev–Trinajstić information content (AvgIpc) is 1.61. The largest absolute Gasteiger partial charge is 0.106 e. The lowest BCUT2D eigenvalue weighted by Crippen LogP contribution is -1.42. The minimum Gasteiger partial charge on any atom is -0.106 e. The van der Waals surface area contributed by atoms with E-state index in [1.54, 1.807) is 0 Å². The maximum Gasteiger partial charge on any atom is 0 e. The van der Waals surface area contributed by atoms with Crippen LogP contribution >= 0.6 is 0 Å². The summed E-state index contributed by atoms with van der Waals surface area (Å²) in [6.45, 7) is 0. The SMILES string of the molecule is C#CC#CC#C.[HH].[HH]. The van der Waals surface area contributed by atoms with E-state index in [1.165, 1.54) is 0 Å². The van der Waals surface area contributed by atoms with Crippen LogP contribution in [0.15, 0.2) is 0 Å². The van der Waals surface area contributed by atoms with Gasteiger partial charge in [0.1, 0.15) is 0 Å². The van der Waals surface area contributed by atoms with Crippen molar-refractivity contribution in [1.82, 2.24) is 0 Å². The van der Waals surface area contributed by atoms with Crippen molar-refractivity contribution in [2.24, 2.45) is 0 Å². The summed E-state index contributed by atoms with van der Waals surface area (Å²) in [7, 11) is 0. The first-order valence-electron chi connectivity index (χ1n) is 1.33. The smallest absolute Gasteiger partial charge is 0 e. The Morgan fingerprint density at radius 3 is 1.50 bits per heavy atom. The number of terminal acetylenes is 2. The van der Waals surface area contributed by atoms with E-state index in [4.69, 9.17) is 12.8 Å². The van der Waals surface area contributed by atoms with Crippen LogP contribution in [0.3, 0.4) is 0 Å². The summed E-state index contributed by atoms with van der Waals surface area (Å²) in [6, 6.07) is 0. The molecule has 0 saturated heterocycles. The second-order valence-electron chi connectivity index (χ2n) is 0.539. The van der Waals surface area contributed by atoms with Gasteiger partial charge in [-0.15, -0.1) is 12.8 Å². The summed E-state index contributed by atoms with van der Waals surface area (Å²) < 4.78 is 0. The lowest BCUT2D eigenvalue weighted by Gasteiger charge is -1.43. The molecule has 0 amide bonds. The van der Waals surface area contributed by atoms with E-state index in [1.807, 2.05) is 0 Å². The Kier molecular flexibility index (Phi) is 2.87. The quantitative estimate of drug-likeness (QED) is 0.375. The van der Waals surface area contributed by atoms with Gasteiger partial charge in [0, 0.05) is 2.85 Å². The van der Waals surface area contributed by atoms with Gasteiger partial charge in [-0.05, 0) is 23.7 Å². The normalized spacial score (nSPS) is 3.00. The lowest BCUT2D eigenvalue weighted by molar-refractivity contribution is 2.47. The van der Waals surface area contributed by atoms with Crippen LogP contribution in [0.1, 0.15) is 2.85 Å². The molecule has 0 bridgehead atoms. The van der Waals surface area contributed by atoms with Crippen molar-refractivity contribution in [1.29, 1.82) is 0 Å². The van der Waals surface area contributed by atoms with Gasteiger partial charge in [0.2, 0.25) is 0 Å². The highest BCUT2D eigenvalue weighted by Gasteiger charge is 1.41. The van der Waals surface area contributed by atoms with E-state index in [0.717, 1.165) is 0 Å². The third-order valence-electron chi connectivity index (χ3n) is 0.207. The molecule has 0 atom stereocenters. The van der Waals surface area contributed by atoms with Gasteiger partial charge < -0.3 is 0 Å². The Bertz CT molecular complexity index is 140. The lowest BCUT2D eigenvalue weighted by atomic mass is 10.6. The molecule has 6 heavy (non-hydrogen) atoms. The molecule has 0 aromatic heterocycles. The van der Waals surface area contributed by atoms with E-state index in [0.29, 0.717) is 0 Å². The fourth-order valence-corrected chi connectivity index (χ4v) is 0.0722. The minimum absolute atomic E-state index is 0. The topological polar surface area (TPSA) is 0 Å². The van der Waals surface area contributed by atoms with E-state index < -0.39 is 0 Å². The van der Waals surface area contributed by atoms with Crippen molar-refractivity contribution >= 4 is 0 Å². The summed E-state index contributed by atoms with van der Waals surface area (Å²) >= 11 is 0. The Morgan fingerprint density at radius 2 is 1.33 bits per heavy atom. The van der Waals surface area contributed by atoms with Crippen molar-refractivity contribution < 1.29 is 2.85 Å². The second-order valence-corrected chi connectivity index (χ2v) is 0.539. The van der Waals surface area contributed by atoms with Gasteiger partial charge in [0.25, 0.3) is 0 Å². The standard InChI is InChI=1S/C6H2.2H2/c1-3-5-6-4-2;;/h1-2H;2*1H. The Balaban J connectivity index is -0.000000125. The van der Waals surface area contributed by atoms with Crippen LogP contribution in [0, 0.1) is 36.5 Å². The first kappa shape index (κ1) is 4.68. The van der Waals surface area contributed by atoms with Crippen molar-refractivity contribution in [3.63, 3.8) is 0 Å². The molecule has 30 valence electrons. The number of hydrogen-bond donors (Lipinski definition) is 0. The highest BCUT2D eigenvalue weighted by Crippen LogP contribution is 1.42. The van der Waals surface area contributed by atoms with Crippen LogP contribution in [-0.2, 0) is 0 Å². The molecule has 0 N–H and O–H groups in total. The van der Waals surface area contributed by atoms with Gasteiger partial charge in [0.05, 0.1) is 0 Å². The van der Waals surface area contributed by atoms with Crippen LogP contribution in [0.25, 0.3) is 0 Å². The molecule has 0 heterocycles. The molecule has 0 aliphatic rings. The third kappa shape index (κ3) is 2.68. The van der Waals surface area contributed by atoms with Gasteiger partial charge in [-0.25, -0.2) is 0 Å². The van der Waals surface area contributed by atoms with Crippen LogP contribution in [0.4, 0.5) is 0 Å². The molecule has 0 rings (SSSR count). The fourth-order valence-electron chi connectivity index (χ4n) is 0.0722. The molecule has 0 saturated carbocycles. The zero-order valence-electron chi connectivity index (χ0n) is 3.15. The molecule has 0 heteroatoms. The first-order chi connectivity index (χ1) is 2.91. The van der Waals surface area contributed by atoms with Crippen LogP contribution in [-0.4, -0.2) is 0 Å². The van der Waals surface area contributed by atoms with Crippen LogP contribution < -0.4 is 0 Å². The summed E-state index contributed by atoms with van der Waals surface area (Å²) in [5.74, 6) is 8.61. The average molecular weight is 78.1 g/mol. The first-order valence-corrected chi connectivity index (χ1v) is 1.33. The van der Waals surface area contributed by atoms with Crippen molar-refractivity contribution in [3.8, 4) is 36.5 Å². The van der Waals surface area contributed by atoms with E-state index >= 15 is 0 Å². The third-order valence-corrected chi connectivity index (χ3v) is 0.207. The summed E-state index contributed by atoms with van der Waals surface area (Å²) in [6.07, 6.45) is 9.39. The molecule has 0 spiro atoms. The van der Waals surface area contributed by atoms with Gasteiger partial charge in [-0.3, -0.25) is 0 Å². The van der Waals surface area contributed by atoms with Crippen molar-refractivity contribution in [2.45, 2.75) is 0 Å². The highest BCUT2D eigenvalue weighted by molar-refractivity contribution is 5.31. The van der Waals surface area contributed by atoms with Gasteiger partial charge in [-0.1, -0.05) is 0 Å².